The lowest BCUT2D eigenvalue weighted by Crippen LogP contribution is -2.19. The largest absolute Gasteiger partial charge is 0.364 e. The van der Waals surface area contributed by atoms with E-state index in [0.717, 1.165) is 6.20 Å². The van der Waals surface area contributed by atoms with Crippen LogP contribution in [-0.4, -0.2) is 33.1 Å². The number of nitrogens with zero attached hydrogens (tertiary/aromatic N) is 6. The molecule has 10 nitrogen and oxygen atoms in total. The molecule has 0 amide bonds. The van der Waals surface area contributed by atoms with Gasteiger partial charge in [0.05, 0.1) is 11.0 Å². The molecule has 0 unspecified atom stereocenters. The molecule has 1 aliphatic rings. The number of ether oxygens (including phenoxy) is 1. The fraction of sp³-hybridized carbons (Fsp3) is 0.600. The molecule has 2 atom stereocenters. The van der Waals surface area contributed by atoms with Crippen LogP contribution in [0.15, 0.2) is 11.3 Å². The van der Waals surface area contributed by atoms with Crippen LogP contribution in [0.4, 0.5) is 5.69 Å². The summed E-state index contributed by atoms with van der Waals surface area (Å²) >= 11 is 0. The predicted octanol–water partition coefficient (Wildman–Crippen LogP) is 1.43. The molecule has 1 aliphatic heterocycles. The summed E-state index contributed by atoms with van der Waals surface area (Å²) in [5.41, 5.74) is 8.56. The number of hydrogen-bond donors (Lipinski definition) is 0. The third kappa shape index (κ3) is 2.60. The molecule has 0 spiro atoms. The van der Waals surface area contributed by atoms with E-state index in [1.165, 1.54) is 4.68 Å². The van der Waals surface area contributed by atoms with Crippen LogP contribution in [-0.2, 0) is 16.6 Å². The SMILES string of the molecule is Cn1ncc([N+](=O)[O-])c1[C@@H]1CC[C@@H](N=[N+]=[N-])C(=O)CO1. The van der Waals surface area contributed by atoms with Crippen molar-refractivity contribution < 1.29 is 14.5 Å². The lowest BCUT2D eigenvalue weighted by Gasteiger charge is -2.13. The Bertz CT molecular complexity index is 591. The summed E-state index contributed by atoms with van der Waals surface area (Å²) in [7, 11) is 1.57. The van der Waals surface area contributed by atoms with E-state index in [1.807, 2.05) is 0 Å². The quantitative estimate of drug-likeness (QED) is 0.271. The van der Waals surface area contributed by atoms with E-state index in [1.54, 1.807) is 7.05 Å². The number of nitro groups is 1. The Morgan fingerprint density at radius 1 is 1.65 bits per heavy atom. The van der Waals surface area contributed by atoms with Gasteiger partial charge in [-0.05, 0) is 18.4 Å². The molecule has 20 heavy (non-hydrogen) atoms. The first-order valence-corrected chi connectivity index (χ1v) is 5.89. The van der Waals surface area contributed by atoms with Crippen LogP contribution < -0.4 is 0 Å². The number of hydrogen-bond acceptors (Lipinski definition) is 6. The normalized spacial score (nSPS) is 22.9. The van der Waals surface area contributed by atoms with Gasteiger partial charge in [-0.15, -0.1) is 0 Å². The zero-order valence-electron chi connectivity index (χ0n) is 10.7. The predicted molar refractivity (Wildman–Crippen MR) is 65.7 cm³/mol. The van der Waals surface area contributed by atoms with Crippen LogP contribution in [0.3, 0.4) is 0 Å². The lowest BCUT2D eigenvalue weighted by molar-refractivity contribution is -0.386. The summed E-state index contributed by atoms with van der Waals surface area (Å²) in [6.07, 6.45) is 1.16. The molecule has 0 bridgehead atoms. The third-order valence-corrected chi connectivity index (χ3v) is 3.16. The molecule has 106 valence electrons. The highest BCUT2D eigenvalue weighted by Gasteiger charge is 2.32. The third-order valence-electron chi connectivity index (χ3n) is 3.16. The lowest BCUT2D eigenvalue weighted by atomic mass is 10.0. The molecule has 1 aromatic heterocycles. The number of carbonyl (C=O) groups is 1. The first-order valence-electron chi connectivity index (χ1n) is 5.89. The van der Waals surface area contributed by atoms with Crippen LogP contribution in [0, 0.1) is 10.1 Å². The number of aromatic nitrogens is 2. The maximum absolute atomic E-state index is 11.7. The molecule has 1 aromatic rings. The Labute approximate surface area is 113 Å². The number of Topliss-reactive ketones (excluding diaryl/α,β-unsaturated/α-hetero) is 1. The Morgan fingerprint density at radius 2 is 2.40 bits per heavy atom. The Balaban J connectivity index is 2.27. The molecule has 1 saturated heterocycles. The van der Waals surface area contributed by atoms with Gasteiger partial charge in [0.15, 0.2) is 5.78 Å². The van der Waals surface area contributed by atoms with Gasteiger partial charge in [-0.25, -0.2) is 0 Å². The van der Waals surface area contributed by atoms with Crippen molar-refractivity contribution in [2.45, 2.75) is 25.0 Å². The van der Waals surface area contributed by atoms with Crippen molar-refractivity contribution in [1.29, 1.82) is 0 Å². The molecule has 0 radical (unpaired) electrons. The highest BCUT2D eigenvalue weighted by molar-refractivity contribution is 5.85. The van der Waals surface area contributed by atoms with Crippen molar-refractivity contribution in [2.24, 2.45) is 12.2 Å². The van der Waals surface area contributed by atoms with E-state index in [0.29, 0.717) is 12.1 Å². The summed E-state index contributed by atoms with van der Waals surface area (Å²) in [4.78, 5) is 24.7. The van der Waals surface area contributed by atoms with Crippen molar-refractivity contribution in [1.82, 2.24) is 9.78 Å². The van der Waals surface area contributed by atoms with Gasteiger partial charge in [0.1, 0.15) is 24.6 Å². The van der Waals surface area contributed by atoms with Gasteiger partial charge in [-0.3, -0.25) is 19.6 Å². The molecule has 1 fully saturated rings. The van der Waals surface area contributed by atoms with Crippen LogP contribution in [0.2, 0.25) is 0 Å². The topological polar surface area (TPSA) is 136 Å². The van der Waals surface area contributed by atoms with Gasteiger partial charge in [-0.2, -0.15) is 5.10 Å². The fourth-order valence-electron chi connectivity index (χ4n) is 2.18. The molecule has 10 heteroatoms. The van der Waals surface area contributed by atoms with Crippen LogP contribution in [0.25, 0.3) is 10.4 Å². The van der Waals surface area contributed by atoms with Gasteiger partial charge in [0.25, 0.3) is 0 Å². The number of aryl methyl sites for hydroxylation is 1. The maximum atomic E-state index is 11.7. The number of carbonyl (C=O) groups excluding carboxylic acids is 1. The zero-order valence-corrected chi connectivity index (χ0v) is 10.7. The minimum atomic E-state index is -0.780. The molecule has 0 N–H and O–H groups in total. The number of rotatable bonds is 3. The molecule has 2 rings (SSSR count). The second-order valence-electron chi connectivity index (χ2n) is 4.36. The summed E-state index contributed by atoms with van der Waals surface area (Å²) < 4.78 is 6.77. The summed E-state index contributed by atoms with van der Waals surface area (Å²) in [5, 5.41) is 18.2. The second kappa shape index (κ2) is 5.68. The minimum absolute atomic E-state index is 0.146. The highest BCUT2D eigenvalue weighted by Crippen LogP contribution is 2.32. The summed E-state index contributed by atoms with van der Waals surface area (Å²) in [6.45, 7) is -0.239. The average Bonchev–Trinajstić information content (AvgIpc) is 2.70. The van der Waals surface area contributed by atoms with Crippen LogP contribution >= 0.6 is 0 Å². The van der Waals surface area contributed by atoms with E-state index >= 15 is 0 Å². The molecular weight excluding hydrogens is 268 g/mol. The van der Waals surface area contributed by atoms with Gasteiger partial charge in [0.2, 0.25) is 0 Å². The summed E-state index contributed by atoms with van der Waals surface area (Å²) in [5.74, 6) is -0.324. The Kier molecular flexibility index (Phi) is 3.97. The van der Waals surface area contributed by atoms with Crippen molar-refractivity contribution in [3.8, 4) is 0 Å². The van der Waals surface area contributed by atoms with Crippen molar-refractivity contribution in [3.05, 3.63) is 32.4 Å². The van der Waals surface area contributed by atoms with Gasteiger partial charge < -0.3 is 4.74 Å². The van der Waals surface area contributed by atoms with Gasteiger partial charge in [-0.1, -0.05) is 5.11 Å². The minimum Gasteiger partial charge on any atom is -0.364 e. The molecular formula is C10H12N6O4. The van der Waals surface area contributed by atoms with Crippen molar-refractivity contribution >= 4 is 11.5 Å². The number of azide groups is 1. The van der Waals surface area contributed by atoms with E-state index in [-0.39, 0.29) is 24.5 Å². The molecule has 0 aromatic carbocycles. The smallest absolute Gasteiger partial charge is 0.312 e. The molecule has 0 aliphatic carbocycles. The second-order valence-corrected chi connectivity index (χ2v) is 4.36. The highest BCUT2D eigenvalue weighted by atomic mass is 16.6. The monoisotopic (exact) mass is 280 g/mol. The molecule has 2 heterocycles. The standard InChI is InChI=1S/C10H12N6O4/c1-15-10(7(4-12-15)16(18)19)9-3-2-6(13-14-11)8(17)5-20-9/h4,6,9H,2-3,5H2,1H3/t6-,9+/m1/s1. The van der Waals surface area contributed by atoms with Crippen LogP contribution in [0.5, 0.6) is 0 Å². The van der Waals surface area contributed by atoms with E-state index in [2.05, 4.69) is 15.1 Å². The Morgan fingerprint density at radius 3 is 3.05 bits per heavy atom. The molecule has 0 saturated carbocycles. The van der Waals surface area contributed by atoms with Crippen molar-refractivity contribution in [3.63, 3.8) is 0 Å². The van der Waals surface area contributed by atoms with Crippen LogP contribution in [0.1, 0.15) is 24.6 Å². The maximum Gasteiger partial charge on any atom is 0.312 e. The number of ketones is 1. The van der Waals surface area contributed by atoms with Gasteiger partial charge in [0, 0.05) is 12.0 Å². The van der Waals surface area contributed by atoms with E-state index in [9.17, 15) is 14.9 Å². The van der Waals surface area contributed by atoms with Crippen molar-refractivity contribution in [2.75, 3.05) is 6.61 Å². The first-order chi connectivity index (χ1) is 9.54. The fourth-order valence-corrected chi connectivity index (χ4v) is 2.18. The first kappa shape index (κ1) is 14.0. The Hall–Kier alpha value is -2.45. The zero-order chi connectivity index (χ0) is 14.7. The van der Waals surface area contributed by atoms with E-state index < -0.39 is 17.1 Å². The summed E-state index contributed by atoms with van der Waals surface area (Å²) in [6, 6.07) is -0.780. The van der Waals surface area contributed by atoms with E-state index in [4.69, 9.17) is 10.3 Å². The van der Waals surface area contributed by atoms with Gasteiger partial charge >= 0.3 is 5.69 Å². The average molecular weight is 280 g/mol.